The van der Waals surface area contributed by atoms with Crippen LogP contribution in [0, 0.1) is 0 Å². The van der Waals surface area contributed by atoms with Crippen molar-refractivity contribution < 1.29 is 4.42 Å². The van der Waals surface area contributed by atoms with Gasteiger partial charge in [0, 0.05) is 22.2 Å². The maximum Gasteiger partial charge on any atom is 0.162 e. The summed E-state index contributed by atoms with van der Waals surface area (Å²) in [7, 11) is 0. The van der Waals surface area contributed by atoms with Crippen molar-refractivity contribution in [2.75, 3.05) is 5.73 Å². The molecule has 0 spiro atoms. The van der Waals surface area contributed by atoms with Crippen LogP contribution in [0.3, 0.4) is 0 Å². The normalized spacial score (nSPS) is 10.7. The van der Waals surface area contributed by atoms with Crippen molar-refractivity contribution in [3.8, 4) is 10.8 Å². The molecule has 3 rings (SSSR count). The van der Waals surface area contributed by atoms with Crippen LogP contribution in [0.15, 0.2) is 51.4 Å². The Labute approximate surface area is 118 Å². The average Bonchev–Trinajstić information content (AvgIpc) is 3.09. The molecule has 3 aromatic heterocycles. The summed E-state index contributed by atoms with van der Waals surface area (Å²) >= 11 is 3.28. The fourth-order valence-corrected chi connectivity index (χ4v) is 3.17. The van der Waals surface area contributed by atoms with Crippen LogP contribution in [0.2, 0.25) is 0 Å². The topological polar surface area (TPSA) is 64.9 Å². The maximum atomic E-state index is 5.55. The van der Waals surface area contributed by atoms with Crippen molar-refractivity contribution >= 4 is 28.9 Å². The Kier molecular flexibility index (Phi) is 3.52. The van der Waals surface area contributed by atoms with Crippen molar-refractivity contribution in [3.05, 3.63) is 47.8 Å². The summed E-state index contributed by atoms with van der Waals surface area (Å²) in [5, 5.41) is 2.96. The van der Waals surface area contributed by atoms with E-state index < -0.39 is 0 Å². The average molecular weight is 289 g/mol. The number of rotatable bonds is 4. The monoisotopic (exact) mass is 289 g/mol. The summed E-state index contributed by atoms with van der Waals surface area (Å²) < 4.78 is 5.33. The molecule has 0 saturated heterocycles. The van der Waals surface area contributed by atoms with Crippen LogP contribution in [0.5, 0.6) is 0 Å². The van der Waals surface area contributed by atoms with Crippen LogP contribution < -0.4 is 5.73 Å². The third-order valence-corrected chi connectivity index (χ3v) is 4.35. The van der Waals surface area contributed by atoms with Crippen LogP contribution in [0.25, 0.3) is 10.8 Å². The zero-order valence-electron chi connectivity index (χ0n) is 9.95. The Morgan fingerprint density at radius 2 is 2.26 bits per heavy atom. The molecule has 19 heavy (non-hydrogen) atoms. The maximum absolute atomic E-state index is 5.55. The van der Waals surface area contributed by atoms with E-state index in [2.05, 4.69) is 15.3 Å². The Hall–Kier alpha value is -1.79. The van der Waals surface area contributed by atoms with Gasteiger partial charge in [-0.05, 0) is 24.3 Å². The summed E-state index contributed by atoms with van der Waals surface area (Å²) in [6.07, 6.45) is 3.44. The molecule has 0 fully saturated rings. The highest BCUT2D eigenvalue weighted by atomic mass is 32.2. The van der Waals surface area contributed by atoms with Crippen molar-refractivity contribution in [1.29, 1.82) is 0 Å². The van der Waals surface area contributed by atoms with Gasteiger partial charge >= 0.3 is 0 Å². The standard InChI is InChI=1S/C13H11N3OS2/c14-12-4-3-10(6-15-12)18-7-9-8-19-13(16-9)11-2-1-5-17-11/h1-6,8H,7H2,(H2,14,15). The smallest absolute Gasteiger partial charge is 0.162 e. The van der Waals surface area contributed by atoms with Gasteiger partial charge in [0.15, 0.2) is 10.8 Å². The molecule has 3 heterocycles. The number of nitrogens with zero attached hydrogens (tertiary/aromatic N) is 2. The zero-order chi connectivity index (χ0) is 13.1. The summed E-state index contributed by atoms with van der Waals surface area (Å²) in [6, 6.07) is 7.55. The number of thioether (sulfide) groups is 1. The van der Waals surface area contributed by atoms with E-state index in [0.717, 1.165) is 27.1 Å². The lowest BCUT2D eigenvalue weighted by molar-refractivity contribution is 0.581. The van der Waals surface area contributed by atoms with E-state index in [-0.39, 0.29) is 0 Å². The molecular formula is C13H11N3OS2. The number of anilines is 1. The number of thiazole rings is 1. The first-order valence-corrected chi connectivity index (χ1v) is 7.50. The number of hydrogen-bond acceptors (Lipinski definition) is 6. The van der Waals surface area contributed by atoms with Gasteiger partial charge in [0.2, 0.25) is 0 Å². The van der Waals surface area contributed by atoms with Gasteiger partial charge in [0.1, 0.15) is 5.82 Å². The van der Waals surface area contributed by atoms with Gasteiger partial charge in [-0.15, -0.1) is 23.1 Å². The fourth-order valence-electron chi connectivity index (χ4n) is 1.52. The first-order chi connectivity index (χ1) is 9.31. The highest BCUT2D eigenvalue weighted by molar-refractivity contribution is 7.98. The molecule has 0 bridgehead atoms. The molecule has 0 atom stereocenters. The first kappa shape index (κ1) is 12.3. The second-order valence-corrected chi connectivity index (χ2v) is 5.74. The lowest BCUT2D eigenvalue weighted by Gasteiger charge is -1.99. The van der Waals surface area contributed by atoms with E-state index in [9.17, 15) is 0 Å². The quantitative estimate of drug-likeness (QED) is 0.742. The largest absolute Gasteiger partial charge is 0.462 e. The molecule has 0 aromatic carbocycles. The summed E-state index contributed by atoms with van der Waals surface area (Å²) in [5.41, 5.74) is 6.59. The number of furan rings is 1. The second-order valence-electron chi connectivity index (χ2n) is 3.83. The van der Waals surface area contributed by atoms with Gasteiger partial charge in [-0.25, -0.2) is 9.97 Å². The molecule has 96 valence electrons. The SMILES string of the molecule is Nc1ccc(SCc2csc(-c3ccco3)n2)cn1. The highest BCUT2D eigenvalue weighted by Crippen LogP contribution is 2.27. The molecule has 6 heteroatoms. The Morgan fingerprint density at radius 3 is 3.00 bits per heavy atom. The van der Waals surface area contributed by atoms with Crippen molar-refractivity contribution in [2.24, 2.45) is 0 Å². The molecular weight excluding hydrogens is 278 g/mol. The summed E-state index contributed by atoms with van der Waals surface area (Å²) in [4.78, 5) is 9.69. The third-order valence-electron chi connectivity index (χ3n) is 2.43. The van der Waals surface area contributed by atoms with Crippen molar-refractivity contribution in [3.63, 3.8) is 0 Å². The van der Waals surface area contributed by atoms with Gasteiger partial charge in [-0.3, -0.25) is 0 Å². The molecule has 0 aliphatic heterocycles. The predicted octanol–water partition coefficient (Wildman–Crippen LogP) is 3.67. The number of nitrogens with two attached hydrogens (primary N) is 1. The Morgan fingerprint density at radius 1 is 1.32 bits per heavy atom. The number of nitrogen functional groups attached to an aromatic ring is 1. The van der Waals surface area contributed by atoms with Crippen LogP contribution in [0.4, 0.5) is 5.82 Å². The summed E-state index contributed by atoms with van der Waals surface area (Å²) in [5.74, 6) is 2.16. The number of aromatic nitrogens is 2. The van der Waals surface area contributed by atoms with E-state index in [1.165, 1.54) is 0 Å². The van der Waals surface area contributed by atoms with Gasteiger partial charge in [0.05, 0.1) is 12.0 Å². The molecule has 0 amide bonds. The van der Waals surface area contributed by atoms with E-state index in [1.54, 1.807) is 41.6 Å². The number of pyridine rings is 1. The predicted molar refractivity (Wildman–Crippen MR) is 78.0 cm³/mol. The molecule has 2 N–H and O–H groups in total. The van der Waals surface area contributed by atoms with E-state index in [1.807, 2.05) is 18.2 Å². The van der Waals surface area contributed by atoms with Crippen LogP contribution in [-0.4, -0.2) is 9.97 Å². The third kappa shape index (κ3) is 2.97. The van der Waals surface area contributed by atoms with Crippen molar-refractivity contribution in [2.45, 2.75) is 10.6 Å². The van der Waals surface area contributed by atoms with Gasteiger partial charge in [-0.2, -0.15) is 0 Å². The number of hydrogen-bond donors (Lipinski definition) is 1. The minimum atomic E-state index is 0.540. The second kappa shape index (κ2) is 5.46. The molecule has 0 saturated carbocycles. The molecule has 0 radical (unpaired) electrons. The molecule has 3 aromatic rings. The minimum absolute atomic E-state index is 0.540. The molecule has 4 nitrogen and oxygen atoms in total. The Bertz CT molecular complexity index is 647. The van der Waals surface area contributed by atoms with Crippen molar-refractivity contribution in [1.82, 2.24) is 9.97 Å². The molecule has 0 unspecified atom stereocenters. The van der Waals surface area contributed by atoms with Crippen LogP contribution >= 0.6 is 23.1 Å². The van der Waals surface area contributed by atoms with E-state index in [4.69, 9.17) is 10.2 Å². The molecule has 0 aliphatic rings. The minimum Gasteiger partial charge on any atom is -0.462 e. The lowest BCUT2D eigenvalue weighted by Crippen LogP contribution is -1.88. The summed E-state index contributed by atoms with van der Waals surface area (Å²) in [6.45, 7) is 0. The van der Waals surface area contributed by atoms with Crippen LogP contribution in [0.1, 0.15) is 5.69 Å². The fraction of sp³-hybridized carbons (Fsp3) is 0.0769. The highest BCUT2D eigenvalue weighted by Gasteiger charge is 2.07. The first-order valence-electron chi connectivity index (χ1n) is 5.64. The zero-order valence-corrected chi connectivity index (χ0v) is 11.6. The van der Waals surface area contributed by atoms with E-state index >= 15 is 0 Å². The van der Waals surface area contributed by atoms with E-state index in [0.29, 0.717) is 5.82 Å². The van der Waals surface area contributed by atoms with Crippen LogP contribution in [-0.2, 0) is 5.75 Å². The lowest BCUT2D eigenvalue weighted by atomic mass is 10.5. The van der Waals surface area contributed by atoms with Gasteiger partial charge < -0.3 is 10.2 Å². The Balaban J connectivity index is 1.66. The van der Waals surface area contributed by atoms with Gasteiger partial charge in [0.25, 0.3) is 0 Å². The van der Waals surface area contributed by atoms with Gasteiger partial charge in [-0.1, -0.05) is 0 Å². The molecule has 0 aliphatic carbocycles.